The third-order valence-electron chi connectivity index (χ3n) is 14.3. The number of halogens is 1. The molecule has 5 aliphatic rings. The summed E-state index contributed by atoms with van der Waals surface area (Å²) in [6.45, 7) is 7.19. The Morgan fingerprint density at radius 2 is 1.81 bits per heavy atom. The number of benzene rings is 1. The van der Waals surface area contributed by atoms with E-state index in [4.69, 9.17) is 35.3 Å². The maximum Gasteiger partial charge on any atom is 0.409 e. The number of alkyl carbamates (subject to hydrolysis) is 1. The van der Waals surface area contributed by atoms with Crippen molar-refractivity contribution in [2.75, 3.05) is 52.6 Å². The normalized spacial score (nSPS) is 32.7. The van der Waals surface area contributed by atoms with Gasteiger partial charge in [0.25, 0.3) is 0 Å². The number of fused-ring (bicyclic) bond motifs is 5. The Hall–Kier alpha value is -4.69. The average Bonchev–Trinajstić information content (AvgIpc) is 3.94. The van der Waals surface area contributed by atoms with Crippen LogP contribution in [0.5, 0.6) is 5.75 Å². The number of esters is 1. The molecule has 0 aromatic heterocycles. The molecule has 6 rings (SSSR count). The lowest BCUT2D eigenvalue weighted by Crippen LogP contribution is -2.63. The van der Waals surface area contributed by atoms with Gasteiger partial charge in [0.1, 0.15) is 40.7 Å². The highest BCUT2D eigenvalue weighted by molar-refractivity contribution is 8.00. The largest absolute Gasteiger partial charge is 0.495 e. The van der Waals surface area contributed by atoms with E-state index in [1.165, 1.54) is 54.7 Å². The van der Waals surface area contributed by atoms with Gasteiger partial charge < -0.3 is 43.9 Å². The molecule has 0 spiro atoms. The fourth-order valence-electron chi connectivity index (χ4n) is 9.73. The molecule has 20 heteroatoms. The lowest BCUT2D eigenvalue weighted by atomic mass is 9.81. The van der Waals surface area contributed by atoms with Crippen LogP contribution in [0.4, 0.5) is 10.5 Å². The number of hydrogen-bond acceptors (Lipinski definition) is 14. The number of amides is 6. The van der Waals surface area contributed by atoms with Gasteiger partial charge in [0.15, 0.2) is 5.72 Å². The van der Waals surface area contributed by atoms with E-state index in [-0.39, 0.29) is 66.0 Å². The molecule has 9 atom stereocenters. The number of imide groups is 1. The van der Waals surface area contributed by atoms with Gasteiger partial charge in [-0.05, 0) is 76.5 Å². The number of carbonyl (C=O) groups is 7. The van der Waals surface area contributed by atoms with Crippen LogP contribution >= 0.6 is 23.4 Å². The molecule has 4 aliphatic heterocycles. The highest BCUT2D eigenvalue weighted by Crippen LogP contribution is 2.49. The Morgan fingerprint density at radius 1 is 1.10 bits per heavy atom. The van der Waals surface area contributed by atoms with Gasteiger partial charge in [0.2, 0.25) is 29.5 Å². The minimum atomic E-state index is -1.87. The van der Waals surface area contributed by atoms with E-state index in [2.05, 4.69) is 10.6 Å². The van der Waals surface area contributed by atoms with E-state index in [1.54, 1.807) is 52.2 Å². The van der Waals surface area contributed by atoms with E-state index < -0.39 is 76.8 Å². The number of ether oxygens (including phenoxy) is 5. The third-order valence-corrected chi connectivity index (χ3v) is 15.9. The smallest absolute Gasteiger partial charge is 0.409 e. The van der Waals surface area contributed by atoms with Gasteiger partial charge in [-0.3, -0.25) is 34.2 Å². The van der Waals surface area contributed by atoms with Crippen LogP contribution in [0.15, 0.2) is 35.9 Å². The number of epoxide rings is 1. The van der Waals surface area contributed by atoms with Crippen molar-refractivity contribution in [2.45, 2.75) is 133 Å². The van der Waals surface area contributed by atoms with Crippen LogP contribution in [0.2, 0.25) is 5.02 Å². The third kappa shape index (κ3) is 11.7. The number of aliphatic hydroxyl groups is 1. The molecule has 68 heavy (non-hydrogen) atoms. The lowest BCUT2D eigenvalue weighted by molar-refractivity contribution is -0.162. The van der Waals surface area contributed by atoms with Crippen molar-refractivity contribution in [3.63, 3.8) is 0 Å². The molecule has 1 aromatic carbocycles. The number of thioether (sulfide) groups is 1. The van der Waals surface area contributed by atoms with Crippen LogP contribution < -0.4 is 20.3 Å². The van der Waals surface area contributed by atoms with Crippen LogP contribution in [-0.4, -0.2) is 151 Å². The molecule has 6 unspecified atom stereocenters. The number of anilines is 1. The van der Waals surface area contributed by atoms with Crippen molar-refractivity contribution in [1.82, 2.24) is 20.4 Å². The molecule has 3 saturated heterocycles. The first kappa shape index (κ1) is 52.7. The van der Waals surface area contributed by atoms with Crippen molar-refractivity contribution in [3.05, 3.63) is 46.5 Å². The minimum Gasteiger partial charge on any atom is -0.495 e. The van der Waals surface area contributed by atoms with Crippen LogP contribution in [0.3, 0.4) is 0 Å². The Balaban J connectivity index is 1.15. The zero-order valence-corrected chi connectivity index (χ0v) is 41.9. The summed E-state index contributed by atoms with van der Waals surface area (Å²) in [6.07, 6.45) is 3.39. The SMILES string of the molecule is CNC(=O)C1CCC(CN2C(=O)CC(SCCC(=O)N(C)[C@@H](C)C(=O)O[C@H]3CC(=O)N(C)c4cc(cc(OC)c4Cl)C/C(C)=C/C=C/C(OC)C4(O)CC(OC(=O)N4)[C@@H](C)C4OC43C)C2=O)CC1. The van der Waals surface area contributed by atoms with Gasteiger partial charge in [0.05, 0.1) is 30.6 Å². The van der Waals surface area contributed by atoms with E-state index >= 15 is 0 Å². The molecule has 3 N–H and O–H groups in total. The highest BCUT2D eigenvalue weighted by atomic mass is 35.5. The number of nitrogens with one attached hydrogen (secondary N) is 2. The van der Waals surface area contributed by atoms with Crippen molar-refractivity contribution >= 4 is 70.6 Å². The van der Waals surface area contributed by atoms with Crippen molar-refractivity contribution in [1.29, 1.82) is 0 Å². The maximum absolute atomic E-state index is 14.3. The zero-order chi connectivity index (χ0) is 49.8. The molecule has 374 valence electrons. The maximum atomic E-state index is 14.3. The summed E-state index contributed by atoms with van der Waals surface area (Å²) in [7, 11) is 7.52. The second kappa shape index (κ2) is 21.9. The predicted octanol–water partition coefficient (Wildman–Crippen LogP) is 4.32. The number of hydrogen-bond donors (Lipinski definition) is 3. The molecule has 0 radical (unpaired) electrons. The summed E-state index contributed by atoms with van der Waals surface area (Å²) < 4.78 is 29.4. The van der Waals surface area contributed by atoms with Gasteiger partial charge in [-0.25, -0.2) is 9.59 Å². The number of likely N-dealkylation sites (tertiary alicyclic amines) is 1. The van der Waals surface area contributed by atoms with E-state index in [0.29, 0.717) is 37.2 Å². The summed E-state index contributed by atoms with van der Waals surface area (Å²) >= 11 is 8.03. The highest BCUT2D eigenvalue weighted by Gasteiger charge is 2.64. The average molecular weight is 989 g/mol. The Morgan fingerprint density at radius 3 is 2.47 bits per heavy atom. The Kier molecular flexibility index (Phi) is 17.0. The Labute approximate surface area is 407 Å². The molecule has 6 amide bonds. The van der Waals surface area contributed by atoms with E-state index in [1.807, 2.05) is 13.0 Å². The second-order valence-electron chi connectivity index (χ2n) is 18.9. The number of likely N-dealkylation sites (N-methyl/N-ethyl adjacent to an activating group) is 1. The van der Waals surface area contributed by atoms with Crippen LogP contribution in [-0.2, 0) is 54.1 Å². The molecule has 1 aliphatic carbocycles. The van der Waals surface area contributed by atoms with Gasteiger partial charge >= 0.3 is 12.1 Å². The molecule has 18 nitrogen and oxygen atoms in total. The van der Waals surface area contributed by atoms with Crippen LogP contribution in [0, 0.1) is 17.8 Å². The number of carbonyl (C=O) groups excluding carboxylic acids is 7. The van der Waals surface area contributed by atoms with Crippen molar-refractivity contribution < 1.29 is 62.4 Å². The first-order valence-corrected chi connectivity index (χ1v) is 24.6. The van der Waals surface area contributed by atoms with Crippen LogP contribution in [0.1, 0.15) is 84.6 Å². The first-order valence-electron chi connectivity index (χ1n) is 23.2. The first-order chi connectivity index (χ1) is 32.1. The second-order valence-corrected chi connectivity index (χ2v) is 20.6. The summed E-state index contributed by atoms with van der Waals surface area (Å²) in [5, 5.41) is 16.6. The topological polar surface area (TPSA) is 223 Å². The van der Waals surface area contributed by atoms with Crippen molar-refractivity contribution in [2.24, 2.45) is 17.8 Å². The number of nitrogens with zero attached hydrogens (tertiary/aromatic N) is 3. The monoisotopic (exact) mass is 987 g/mol. The van der Waals surface area contributed by atoms with E-state index in [0.717, 1.165) is 24.0 Å². The van der Waals surface area contributed by atoms with E-state index in [9.17, 15) is 38.7 Å². The summed E-state index contributed by atoms with van der Waals surface area (Å²) in [5.74, 6) is -2.17. The van der Waals surface area contributed by atoms with Crippen molar-refractivity contribution in [3.8, 4) is 5.75 Å². The molecular formula is C48H66ClN5O13S. The quantitative estimate of drug-likeness (QED) is 0.151. The summed E-state index contributed by atoms with van der Waals surface area (Å²) in [4.78, 5) is 97.2. The number of rotatable bonds is 12. The summed E-state index contributed by atoms with van der Waals surface area (Å²) in [5.41, 5.74) is -1.14. The van der Waals surface area contributed by atoms with Gasteiger partial charge in [0, 0.05) is 71.6 Å². The van der Waals surface area contributed by atoms with Gasteiger partial charge in [-0.2, -0.15) is 0 Å². The molecule has 1 saturated carbocycles. The lowest BCUT2D eigenvalue weighted by Gasteiger charge is -2.42. The summed E-state index contributed by atoms with van der Waals surface area (Å²) in [6, 6.07) is 2.43. The molecule has 4 heterocycles. The minimum absolute atomic E-state index is 0.0137. The standard InChI is InChI=1S/C48H66ClN5O13S/c1-26-11-10-12-36(64-9)48(62)24-34(65-46(61)51-48)27(2)42-47(4,67-42)37(23-39(56)53(7)32-20-30(19-26)21-33(63-8)41(32)49)66-45(60)28(3)52(6)38(55)17-18-68-35-22-40(57)54(44(35)59)25-29-13-15-31(16-14-29)43(58)50-5/h10-12,20-21,27-29,31,34-37,42,62H,13-19,22-25H2,1-9H3,(H,50,58)(H,51,61)/b12-10+,26-11+/t27-,28+,29?,31?,34?,35?,36?,37+,42?,47?,48?/m1/s1. The molecule has 4 fully saturated rings. The van der Waals surface area contributed by atoms with Gasteiger partial charge in [-0.15, -0.1) is 11.8 Å². The van der Waals surface area contributed by atoms with Crippen LogP contribution in [0.25, 0.3) is 0 Å². The van der Waals surface area contributed by atoms with Gasteiger partial charge in [-0.1, -0.05) is 42.3 Å². The fourth-order valence-corrected chi connectivity index (χ4v) is 11.1. The molecular weight excluding hydrogens is 922 g/mol. The number of allylic oxidation sites excluding steroid dienone is 3. The predicted molar refractivity (Wildman–Crippen MR) is 253 cm³/mol. The fraction of sp³-hybridized carbons (Fsp3) is 0.646. The Bertz CT molecular complexity index is 2180. The zero-order valence-electron chi connectivity index (χ0n) is 40.3. The molecule has 1 aromatic rings. The number of methoxy groups -OCH3 is 2. The molecule has 4 bridgehead atoms.